The number of benzene rings is 1. The number of esters is 1. The minimum atomic E-state index is -0.683. The number of ether oxygens (including phenoxy) is 1. The van der Waals surface area contributed by atoms with Crippen molar-refractivity contribution in [1.82, 2.24) is 5.32 Å². The van der Waals surface area contributed by atoms with E-state index in [9.17, 15) is 14.4 Å². The van der Waals surface area contributed by atoms with Crippen molar-refractivity contribution in [2.75, 3.05) is 12.4 Å². The number of methoxy groups -OCH3 is 1. The van der Waals surface area contributed by atoms with E-state index < -0.39 is 12.0 Å². The summed E-state index contributed by atoms with van der Waals surface area (Å²) in [5.74, 6) is -1.03. The van der Waals surface area contributed by atoms with Crippen molar-refractivity contribution >= 4 is 23.5 Å². The number of hydrogen-bond acceptors (Lipinski definition) is 4. The van der Waals surface area contributed by atoms with Crippen molar-refractivity contribution in [3.63, 3.8) is 0 Å². The van der Waals surface area contributed by atoms with Gasteiger partial charge in [-0.15, -0.1) is 0 Å². The summed E-state index contributed by atoms with van der Waals surface area (Å²) >= 11 is 0. The fourth-order valence-electron chi connectivity index (χ4n) is 1.93. The monoisotopic (exact) mass is 306 g/mol. The maximum atomic E-state index is 12.2. The van der Waals surface area contributed by atoms with Crippen LogP contribution in [0, 0.1) is 5.92 Å². The van der Waals surface area contributed by atoms with E-state index in [4.69, 9.17) is 4.74 Å². The summed E-state index contributed by atoms with van der Waals surface area (Å²) in [6, 6.07) is 5.76. The zero-order chi connectivity index (χ0) is 16.7. The van der Waals surface area contributed by atoms with Crippen LogP contribution in [-0.4, -0.2) is 30.9 Å². The molecule has 6 nitrogen and oxygen atoms in total. The van der Waals surface area contributed by atoms with E-state index in [1.54, 1.807) is 24.3 Å². The number of carbonyl (C=O) groups excluding carboxylic acids is 3. The first kappa shape index (κ1) is 17.7. The van der Waals surface area contributed by atoms with Gasteiger partial charge in [-0.1, -0.05) is 20.3 Å². The maximum absolute atomic E-state index is 12.2. The van der Waals surface area contributed by atoms with E-state index in [1.165, 1.54) is 14.0 Å². The summed E-state index contributed by atoms with van der Waals surface area (Å²) in [4.78, 5) is 34.9. The molecule has 0 aliphatic carbocycles. The molecule has 0 saturated carbocycles. The third-order valence-electron chi connectivity index (χ3n) is 3.42. The second kappa shape index (κ2) is 8.17. The van der Waals surface area contributed by atoms with Crippen LogP contribution in [0.2, 0.25) is 0 Å². The fourth-order valence-corrected chi connectivity index (χ4v) is 1.93. The van der Waals surface area contributed by atoms with Gasteiger partial charge in [-0.05, 0) is 30.2 Å². The molecular weight excluding hydrogens is 284 g/mol. The lowest BCUT2D eigenvalue weighted by Crippen LogP contribution is -2.45. The lowest BCUT2D eigenvalue weighted by molar-refractivity contribution is -0.144. The van der Waals surface area contributed by atoms with Crippen molar-refractivity contribution in [2.45, 2.75) is 33.2 Å². The van der Waals surface area contributed by atoms with Crippen LogP contribution >= 0.6 is 0 Å². The second-order valence-corrected chi connectivity index (χ2v) is 5.12. The lowest BCUT2D eigenvalue weighted by atomic mass is 9.99. The first-order valence-corrected chi connectivity index (χ1v) is 7.15. The SMILES string of the molecule is CCC(C)C(NC(=O)c1ccc(NC(C)=O)cc1)C(=O)OC. The highest BCUT2D eigenvalue weighted by atomic mass is 16.5. The Morgan fingerprint density at radius 1 is 1.18 bits per heavy atom. The molecule has 2 atom stereocenters. The van der Waals surface area contributed by atoms with Crippen LogP contribution in [0.3, 0.4) is 0 Å². The molecule has 0 radical (unpaired) electrons. The third-order valence-corrected chi connectivity index (χ3v) is 3.42. The Kier molecular flexibility index (Phi) is 6.56. The predicted molar refractivity (Wildman–Crippen MR) is 83.5 cm³/mol. The van der Waals surface area contributed by atoms with E-state index >= 15 is 0 Å². The van der Waals surface area contributed by atoms with Gasteiger partial charge in [0.1, 0.15) is 6.04 Å². The Morgan fingerprint density at radius 3 is 2.23 bits per heavy atom. The zero-order valence-electron chi connectivity index (χ0n) is 13.3. The van der Waals surface area contributed by atoms with Gasteiger partial charge in [-0.2, -0.15) is 0 Å². The van der Waals surface area contributed by atoms with Crippen LogP contribution in [0.25, 0.3) is 0 Å². The molecule has 0 heterocycles. The van der Waals surface area contributed by atoms with Gasteiger partial charge < -0.3 is 15.4 Å². The van der Waals surface area contributed by atoms with Gasteiger partial charge >= 0.3 is 5.97 Å². The minimum absolute atomic E-state index is 0.0324. The highest BCUT2D eigenvalue weighted by Gasteiger charge is 2.26. The van der Waals surface area contributed by atoms with Crippen LogP contribution < -0.4 is 10.6 Å². The maximum Gasteiger partial charge on any atom is 0.328 e. The molecule has 2 unspecified atom stereocenters. The highest BCUT2D eigenvalue weighted by Crippen LogP contribution is 2.13. The van der Waals surface area contributed by atoms with E-state index in [0.29, 0.717) is 11.3 Å². The average Bonchev–Trinajstić information content (AvgIpc) is 2.51. The number of carbonyl (C=O) groups is 3. The van der Waals surface area contributed by atoms with Crippen LogP contribution in [0.15, 0.2) is 24.3 Å². The summed E-state index contributed by atoms with van der Waals surface area (Å²) in [5.41, 5.74) is 1.02. The quantitative estimate of drug-likeness (QED) is 0.787. The van der Waals surface area contributed by atoms with Crippen molar-refractivity contribution in [1.29, 1.82) is 0 Å². The summed E-state index contributed by atoms with van der Waals surface area (Å²) in [6.45, 7) is 5.23. The lowest BCUT2D eigenvalue weighted by Gasteiger charge is -2.21. The summed E-state index contributed by atoms with van der Waals surface area (Å²) < 4.78 is 4.73. The molecule has 2 amide bonds. The van der Waals surface area contributed by atoms with Gasteiger partial charge in [0.15, 0.2) is 0 Å². The minimum Gasteiger partial charge on any atom is -0.467 e. The number of rotatable bonds is 6. The zero-order valence-corrected chi connectivity index (χ0v) is 13.3. The Labute approximate surface area is 130 Å². The van der Waals surface area contributed by atoms with Crippen LogP contribution in [-0.2, 0) is 14.3 Å². The first-order valence-electron chi connectivity index (χ1n) is 7.15. The average molecular weight is 306 g/mol. The summed E-state index contributed by atoms with van der Waals surface area (Å²) in [5, 5.41) is 5.32. The standard InChI is InChI=1S/C16H22N2O4/c1-5-10(2)14(16(21)22-4)18-15(20)12-6-8-13(9-7-12)17-11(3)19/h6-10,14H,5H2,1-4H3,(H,17,19)(H,18,20). The van der Waals surface area contributed by atoms with E-state index in [0.717, 1.165) is 6.42 Å². The van der Waals surface area contributed by atoms with Crippen molar-refractivity contribution in [3.05, 3.63) is 29.8 Å². The Balaban J connectivity index is 2.81. The second-order valence-electron chi connectivity index (χ2n) is 5.12. The van der Waals surface area contributed by atoms with E-state index in [1.807, 2.05) is 13.8 Å². The Bertz CT molecular complexity index is 540. The Hall–Kier alpha value is -2.37. The molecule has 120 valence electrons. The normalized spacial score (nSPS) is 12.9. The van der Waals surface area contributed by atoms with Crippen LogP contribution in [0.1, 0.15) is 37.6 Å². The molecule has 0 aromatic heterocycles. The Morgan fingerprint density at radius 2 is 1.77 bits per heavy atom. The molecule has 1 aromatic rings. The topological polar surface area (TPSA) is 84.5 Å². The van der Waals surface area contributed by atoms with Gasteiger partial charge in [0.2, 0.25) is 5.91 Å². The van der Waals surface area contributed by atoms with Crippen molar-refractivity contribution in [2.24, 2.45) is 5.92 Å². The molecule has 1 aromatic carbocycles. The number of anilines is 1. The number of hydrogen-bond donors (Lipinski definition) is 2. The van der Waals surface area contributed by atoms with Crippen molar-refractivity contribution in [3.8, 4) is 0 Å². The highest BCUT2D eigenvalue weighted by molar-refractivity contribution is 5.97. The molecule has 0 aliphatic heterocycles. The van der Waals surface area contributed by atoms with Crippen LogP contribution in [0.5, 0.6) is 0 Å². The van der Waals surface area contributed by atoms with Crippen LogP contribution in [0.4, 0.5) is 5.69 Å². The molecule has 6 heteroatoms. The summed E-state index contributed by atoms with van der Waals surface area (Å²) in [6.07, 6.45) is 0.738. The molecule has 0 saturated heterocycles. The molecule has 1 rings (SSSR count). The number of amides is 2. The smallest absolute Gasteiger partial charge is 0.328 e. The van der Waals surface area contributed by atoms with E-state index in [2.05, 4.69) is 10.6 Å². The van der Waals surface area contributed by atoms with Gasteiger partial charge in [0.05, 0.1) is 7.11 Å². The summed E-state index contributed by atoms with van der Waals surface area (Å²) in [7, 11) is 1.30. The first-order chi connectivity index (χ1) is 10.4. The molecule has 2 N–H and O–H groups in total. The predicted octanol–water partition coefficient (Wildman–Crippen LogP) is 1.96. The van der Waals surface area contributed by atoms with Gasteiger partial charge in [0, 0.05) is 18.2 Å². The fraction of sp³-hybridized carbons (Fsp3) is 0.438. The molecule has 0 bridgehead atoms. The molecule has 0 spiro atoms. The molecular formula is C16H22N2O4. The number of nitrogens with one attached hydrogen (secondary N) is 2. The third kappa shape index (κ3) is 4.87. The molecule has 0 aliphatic rings. The molecule has 0 fully saturated rings. The largest absolute Gasteiger partial charge is 0.467 e. The van der Waals surface area contributed by atoms with E-state index in [-0.39, 0.29) is 17.7 Å². The van der Waals surface area contributed by atoms with Crippen molar-refractivity contribution < 1.29 is 19.1 Å². The van der Waals surface area contributed by atoms with Gasteiger partial charge in [-0.3, -0.25) is 9.59 Å². The van der Waals surface area contributed by atoms with Gasteiger partial charge in [-0.25, -0.2) is 4.79 Å². The van der Waals surface area contributed by atoms with Gasteiger partial charge in [0.25, 0.3) is 5.91 Å². The molecule has 22 heavy (non-hydrogen) atoms.